The van der Waals surface area contributed by atoms with Gasteiger partial charge in [-0.1, -0.05) is 22.0 Å². The van der Waals surface area contributed by atoms with Gasteiger partial charge in [-0.2, -0.15) is 0 Å². The van der Waals surface area contributed by atoms with Gasteiger partial charge in [0.1, 0.15) is 5.75 Å². The molecule has 0 fully saturated rings. The van der Waals surface area contributed by atoms with E-state index in [1.165, 1.54) is 0 Å². The standard InChI is InChI=1S/C11H17BrN2O/c1-15-11-7-10(12)4-3-9(11)8-14-6-2-5-13/h3-4,7,14H,2,5-6,8,13H2,1H3. The van der Waals surface area contributed by atoms with Crippen LogP contribution in [-0.2, 0) is 6.54 Å². The number of hydrogen-bond donors (Lipinski definition) is 2. The Morgan fingerprint density at radius 3 is 2.93 bits per heavy atom. The fraction of sp³-hybridized carbons (Fsp3) is 0.455. The topological polar surface area (TPSA) is 47.3 Å². The molecule has 0 aliphatic carbocycles. The average Bonchev–Trinajstić information content (AvgIpc) is 2.26. The molecule has 0 atom stereocenters. The zero-order valence-corrected chi connectivity index (χ0v) is 10.5. The van der Waals surface area contributed by atoms with Gasteiger partial charge in [-0.05, 0) is 31.6 Å². The van der Waals surface area contributed by atoms with Crippen molar-refractivity contribution < 1.29 is 4.74 Å². The van der Waals surface area contributed by atoms with Crippen LogP contribution in [0.2, 0.25) is 0 Å². The largest absolute Gasteiger partial charge is 0.496 e. The van der Waals surface area contributed by atoms with E-state index >= 15 is 0 Å². The fourth-order valence-corrected chi connectivity index (χ4v) is 1.65. The lowest BCUT2D eigenvalue weighted by Gasteiger charge is -2.09. The first-order valence-electron chi connectivity index (χ1n) is 5.01. The van der Waals surface area contributed by atoms with Crippen LogP contribution < -0.4 is 15.8 Å². The normalized spacial score (nSPS) is 10.3. The first-order valence-corrected chi connectivity index (χ1v) is 5.80. The maximum Gasteiger partial charge on any atom is 0.124 e. The maximum absolute atomic E-state index is 5.41. The monoisotopic (exact) mass is 272 g/mol. The summed E-state index contributed by atoms with van der Waals surface area (Å²) >= 11 is 3.41. The van der Waals surface area contributed by atoms with E-state index in [1.54, 1.807) is 7.11 Å². The predicted octanol–water partition coefficient (Wildman–Crippen LogP) is 1.90. The molecule has 84 valence electrons. The summed E-state index contributed by atoms with van der Waals surface area (Å²) in [5.41, 5.74) is 6.58. The molecule has 0 aliphatic heterocycles. The van der Waals surface area contributed by atoms with Crippen LogP contribution >= 0.6 is 15.9 Å². The van der Waals surface area contributed by atoms with Gasteiger partial charge in [0.2, 0.25) is 0 Å². The second kappa shape index (κ2) is 6.82. The molecule has 0 saturated heterocycles. The Labute approximate surface area is 99.1 Å². The molecule has 1 rings (SSSR count). The fourth-order valence-electron chi connectivity index (χ4n) is 1.31. The Balaban J connectivity index is 2.52. The van der Waals surface area contributed by atoms with Gasteiger partial charge in [0, 0.05) is 16.6 Å². The first-order chi connectivity index (χ1) is 7.27. The molecule has 0 heterocycles. The minimum Gasteiger partial charge on any atom is -0.496 e. The second-order valence-corrected chi connectivity index (χ2v) is 4.19. The molecule has 0 saturated carbocycles. The highest BCUT2D eigenvalue weighted by molar-refractivity contribution is 9.10. The van der Waals surface area contributed by atoms with E-state index in [0.717, 1.165) is 41.8 Å². The Hall–Kier alpha value is -0.580. The van der Waals surface area contributed by atoms with Crippen molar-refractivity contribution in [2.45, 2.75) is 13.0 Å². The van der Waals surface area contributed by atoms with Crippen molar-refractivity contribution in [3.8, 4) is 5.75 Å². The first kappa shape index (κ1) is 12.5. The molecule has 0 amide bonds. The van der Waals surface area contributed by atoms with Gasteiger partial charge in [-0.15, -0.1) is 0 Å². The van der Waals surface area contributed by atoms with E-state index in [2.05, 4.69) is 27.3 Å². The van der Waals surface area contributed by atoms with Crippen LogP contribution in [-0.4, -0.2) is 20.2 Å². The van der Waals surface area contributed by atoms with E-state index in [1.807, 2.05) is 12.1 Å². The highest BCUT2D eigenvalue weighted by Gasteiger charge is 2.02. The molecule has 0 aliphatic rings. The van der Waals surface area contributed by atoms with Gasteiger partial charge in [0.15, 0.2) is 0 Å². The van der Waals surface area contributed by atoms with Crippen LogP contribution in [0.3, 0.4) is 0 Å². The van der Waals surface area contributed by atoms with Crippen molar-refractivity contribution in [3.63, 3.8) is 0 Å². The van der Waals surface area contributed by atoms with Crippen LogP contribution in [0, 0.1) is 0 Å². The molecule has 15 heavy (non-hydrogen) atoms. The lowest BCUT2D eigenvalue weighted by atomic mass is 10.2. The van der Waals surface area contributed by atoms with Crippen molar-refractivity contribution in [1.82, 2.24) is 5.32 Å². The van der Waals surface area contributed by atoms with Crippen molar-refractivity contribution in [1.29, 1.82) is 0 Å². The predicted molar refractivity (Wildman–Crippen MR) is 66.1 cm³/mol. The number of halogens is 1. The Morgan fingerprint density at radius 2 is 2.27 bits per heavy atom. The molecular weight excluding hydrogens is 256 g/mol. The summed E-state index contributed by atoms with van der Waals surface area (Å²) in [7, 11) is 1.69. The molecule has 0 bridgehead atoms. The van der Waals surface area contributed by atoms with Crippen LogP contribution in [0.25, 0.3) is 0 Å². The Bertz CT molecular complexity index is 305. The van der Waals surface area contributed by atoms with E-state index in [-0.39, 0.29) is 0 Å². The van der Waals surface area contributed by atoms with E-state index < -0.39 is 0 Å². The van der Waals surface area contributed by atoms with E-state index in [9.17, 15) is 0 Å². The number of benzene rings is 1. The number of hydrogen-bond acceptors (Lipinski definition) is 3. The van der Waals surface area contributed by atoms with Crippen molar-refractivity contribution >= 4 is 15.9 Å². The lowest BCUT2D eigenvalue weighted by Crippen LogP contribution is -2.18. The molecule has 1 aromatic carbocycles. The number of methoxy groups -OCH3 is 1. The third-order valence-corrected chi connectivity index (χ3v) is 2.62. The summed E-state index contributed by atoms with van der Waals surface area (Å²) in [6.07, 6.45) is 0.999. The minimum absolute atomic E-state index is 0.727. The summed E-state index contributed by atoms with van der Waals surface area (Å²) in [5.74, 6) is 0.907. The molecule has 0 aromatic heterocycles. The highest BCUT2D eigenvalue weighted by Crippen LogP contribution is 2.23. The summed E-state index contributed by atoms with van der Waals surface area (Å²) < 4.78 is 6.32. The Kier molecular flexibility index (Phi) is 5.68. The smallest absolute Gasteiger partial charge is 0.124 e. The lowest BCUT2D eigenvalue weighted by molar-refractivity contribution is 0.407. The molecule has 1 aromatic rings. The summed E-state index contributed by atoms with van der Waals surface area (Å²) in [4.78, 5) is 0. The maximum atomic E-state index is 5.41. The molecule has 0 unspecified atom stereocenters. The van der Waals surface area contributed by atoms with Crippen molar-refractivity contribution in [3.05, 3.63) is 28.2 Å². The van der Waals surface area contributed by atoms with E-state index in [0.29, 0.717) is 0 Å². The number of nitrogens with two attached hydrogens (primary N) is 1. The van der Waals surface area contributed by atoms with Crippen molar-refractivity contribution in [2.24, 2.45) is 5.73 Å². The van der Waals surface area contributed by atoms with Gasteiger partial charge < -0.3 is 15.8 Å². The van der Waals surface area contributed by atoms with Gasteiger partial charge >= 0.3 is 0 Å². The zero-order chi connectivity index (χ0) is 11.1. The second-order valence-electron chi connectivity index (χ2n) is 3.28. The van der Waals surface area contributed by atoms with Crippen LogP contribution in [0.15, 0.2) is 22.7 Å². The third kappa shape index (κ3) is 4.20. The molecule has 3 N–H and O–H groups in total. The molecule has 0 spiro atoms. The minimum atomic E-state index is 0.727. The highest BCUT2D eigenvalue weighted by atomic mass is 79.9. The number of ether oxygens (including phenoxy) is 1. The van der Waals surface area contributed by atoms with Gasteiger partial charge in [-0.3, -0.25) is 0 Å². The zero-order valence-electron chi connectivity index (χ0n) is 8.92. The summed E-state index contributed by atoms with van der Waals surface area (Å²) in [5, 5.41) is 3.32. The molecule has 4 heteroatoms. The van der Waals surface area contributed by atoms with Gasteiger partial charge in [0.05, 0.1) is 7.11 Å². The summed E-state index contributed by atoms with van der Waals surface area (Å²) in [6, 6.07) is 6.04. The quantitative estimate of drug-likeness (QED) is 0.778. The van der Waals surface area contributed by atoms with Crippen LogP contribution in [0.5, 0.6) is 5.75 Å². The van der Waals surface area contributed by atoms with Crippen LogP contribution in [0.1, 0.15) is 12.0 Å². The number of nitrogens with one attached hydrogen (secondary N) is 1. The van der Waals surface area contributed by atoms with E-state index in [4.69, 9.17) is 10.5 Å². The number of rotatable bonds is 6. The van der Waals surface area contributed by atoms with Crippen LogP contribution in [0.4, 0.5) is 0 Å². The SMILES string of the molecule is COc1cc(Br)ccc1CNCCCN. The molecule has 3 nitrogen and oxygen atoms in total. The molecule has 0 radical (unpaired) electrons. The van der Waals surface area contributed by atoms with Gasteiger partial charge in [-0.25, -0.2) is 0 Å². The third-order valence-electron chi connectivity index (χ3n) is 2.12. The molecular formula is C11H17BrN2O. The Morgan fingerprint density at radius 1 is 1.47 bits per heavy atom. The van der Waals surface area contributed by atoms with Gasteiger partial charge in [0.25, 0.3) is 0 Å². The summed E-state index contributed by atoms with van der Waals surface area (Å²) in [6.45, 7) is 2.48. The van der Waals surface area contributed by atoms with Crippen molar-refractivity contribution in [2.75, 3.05) is 20.2 Å². The average molecular weight is 273 g/mol.